The molecule has 0 aromatic carbocycles. The number of ether oxygens (including phenoxy) is 2. The second kappa shape index (κ2) is 8.24. The van der Waals surface area contributed by atoms with Gasteiger partial charge in [-0.05, 0) is 32.6 Å². The molecule has 3 heterocycles. The van der Waals surface area contributed by atoms with E-state index in [1.165, 1.54) is 8.93 Å². The van der Waals surface area contributed by atoms with Crippen molar-refractivity contribution in [3.8, 4) is 11.2 Å². The van der Waals surface area contributed by atoms with Crippen LogP contribution < -0.4 is 10.2 Å². The van der Waals surface area contributed by atoms with Crippen molar-refractivity contribution in [1.29, 1.82) is 0 Å². The summed E-state index contributed by atoms with van der Waals surface area (Å²) in [5.74, 6) is 3.08. The van der Waals surface area contributed by atoms with Gasteiger partial charge in [-0.25, -0.2) is 4.98 Å². The zero-order valence-electron chi connectivity index (χ0n) is 12.2. The largest absolute Gasteiger partial charge is 0.379 e. The van der Waals surface area contributed by atoms with Crippen LogP contribution in [-0.2, 0) is 9.47 Å². The number of nitrogens with one attached hydrogen (secondary N) is 1. The van der Waals surface area contributed by atoms with Crippen molar-refractivity contribution < 1.29 is 9.47 Å². The zero-order chi connectivity index (χ0) is 15.2. The van der Waals surface area contributed by atoms with Crippen molar-refractivity contribution in [3.63, 3.8) is 0 Å². The summed E-state index contributed by atoms with van der Waals surface area (Å²) in [4.78, 5) is 6.80. The summed E-state index contributed by atoms with van der Waals surface area (Å²) < 4.78 is 10.9. The average molecular weight is 431 g/mol. The van der Waals surface area contributed by atoms with Crippen LogP contribution in [0.3, 0.4) is 0 Å². The molecule has 2 fully saturated rings. The predicted octanol–water partition coefficient (Wildman–Crippen LogP) is 2.51. The van der Waals surface area contributed by atoms with Crippen LogP contribution in [0.2, 0.25) is 0 Å². The molecule has 118 valence electrons. The molecule has 5 nitrogen and oxygen atoms in total. The minimum atomic E-state index is 0.364. The van der Waals surface area contributed by atoms with Crippen LogP contribution in [-0.4, -0.2) is 50.5 Å². The Bertz CT molecular complexity index is 564. The lowest BCUT2D eigenvalue weighted by atomic mass is 10.2. The Hall–Kier alpha value is -0.690. The maximum Gasteiger partial charge on any atom is 0.116 e. The summed E-state index contributed by atoms with van der Waals surface area (Å²) >= 11 is 2.17. The van der Waals surface area contributed by atoms with E-state index < -0.39 is 0 Å². The first-order valence-electron chi connectivity index (χ1n) is 7.32. The van der Waals surface area contributed by atoms with Crippen LogP contribution in [0.5, 0.6) is 0 Å². The third-order valence-corrected chi connectivity index (χ3v) is 4.58. The molecule has 0 aliphatic carbocycles. The molecule has 0 spiro atoms. The van der Waals surface area contributed by atoms with E-state index in [0.29, 0.717) is 6.04 Å². The molecule has 0 bridgehead atoms. The molecule has 1 aromatic heterocycles. The van der Waals surface area contributed by atoms with Gasteiger partial charge in [0.05, 0.1) is 43.4 Å². The molecule has 1 unspecified atom stereocenters. The van der Waals surface area contributed by atoms with Crippen LogP contribution >= 0.6 is 30.1 Å². The van der Waals surface area contributed by atoms with Crippen LogP contribution in [0.1, 0.15) is 12.1 Å². The van der Waals surface area contributed by atoms with E-state index in [4.69, 9.17) is 9.47 Å². The molecule has 22 heavy (non-hydrogen) atoms. The van der Waals surface area contributed by atoms with E-state index >= 15 is 0 Å². The van der Waals surface area contributed by atoms with Crippen molar-refractivity contribution in [2.45, 2.75) is 12.5 Å². The fourth-order valence-corrected chi connectivity index (χ4v) is 3.10. The number of morpholine rings is 1. The van der Waals surface area contributed by atoms with Gasteiger partial charge in [-0.2, -0.15) is 0 Å². The lowest BCUT2D eigenvalue weighted by Gasteiger charge is -2.31. The molecule has 7 heteroatoms. The Kier molecular flexibility index (Phi) is 6.06. The summed E-state index contributed by atoms with van der Waals surface area (Å²) in [5, 5.41) is 6.56. The van der Waals surface area contributed by atoms with Gasteiger partial charge in [0, 0.05) is 40.9 Å². The second-order valence-corrected chi connectivity index (χ2v) is 6.87. The van der Waals surface area contributed by atoms with Crippen molar-refractivity contribution in [3.05, 3.63) is 18.0 Å². The van der Waals surface area contributed by atoms with Crippen molar-refractivity contribution in [2.75, 3.05) is 49.7 Å². The van der Waals surface area contributed by atoms with Gasteiger partial charge in [-0.15, -0.1) is 0 Å². The summed E-state index contributed by atoms with van der Waals surface area (Å²) in [6, 6.07) is 2.44. The first kappa shape index (κ1) is 16.2. The fraction of sp³-hybridized carbons (Fsp3) is 0.533. The van der Waals surface area contributed by atoms with Gasteiger partial charge < -0.3 is 19.7 Å². The van der Waals surface area contributed by atoms with E-state index in [0.717, 1.165) is 63.0 Å². The molecule has 2 aliphatic rings. The number of hydrogen-bond acceptors (Lipinski definition) is 6. The number of halogens is 1. The normalized spacial score (nSPS) is 21.3. The molecule has 0 amide bonds. The number of anilines is 2. The van der Waals surface area contributed by atoms with Crippen LogP contribution in [0.4, 0.5) is 11.4 Å². The highest BCUT2D eigenvalue weighted by Crippen LogP contribution is 2.28. The van der Waals surface area contributed by atoms with Crippen molar-refractivity contribution >= 4 is 41.5 Å². The molecule has 0 radical (unpaired) electrons. The molecule has 1 N–H and O–H groups in total. The number of aromatic nitrogens is 1. The van der Waals surface area contributed by atoms with Crippen molar-refractivity contribution in [1.82, 2.24) is 4.98 Å². The van der Waals surface area contributed by atoms with Crippen LogP contribution in [0.25, 0.3) is 0 Å². The topological polar surface area (TPSA) is 46.6 Å². The molecular formula is C15H18IN3O2S. The van der Waals surface area contributed by atoms with Gasteiger partial charge in [0.1, 0.15) is 5.69 Å². The van der Waals surface area contributed by atoms with Gasteiger partial charge in [-0.3, -0.25) is 0 Å². The van der Waals surface area contributed by atoms with Gasteiger partial charge in [-0.1, -0.05) is 0 Å². The summed E-state index contributed by atoms with van der Waals surface area (Å²) in [7, 11) is 1.47. The first-order chi connectivity index (χ1) is 10.9. The molecule has 3 rings (SSSR count). The van der Waals surface area contributed by atoms with Crippen LogP contribution in [0, 0.1) is 11.2 Å². The van der Waals surface area contributed by atoms with E-state index in [1.807, 2.05) is 6.20 Å². The molecule has 1 atom stereocenters. The molecule has 1 aromatic rings. The highest BCUT2D eigenvalue weighted by atomic mass is 127. The lowest BCUT2D eigenvalue weighted by Crippen LogP contribution is -2.37. The van der Waals surface area contributed by atoms with Crippen molar-refractivity contribution in [2.24, 2.45) is 0 Å². The highest BCUT2D eigenvalue weighted by molar-refractivity contribution is 14.2. The van der Waals surface area contributed by atoms with E-state index in [9.17, 15) is 0 Å². The Labute approximate surface area is 147 Å². The molecular weight excluding hydrogens is 413 g/mol. The number of hydrogen-bond donors (Lipinski definition) is 1. The van der Waals surface area contributed by atoms with Gasteiger partial charge >= 0.3 is 0 Å². The summed E-state index contributed by atoms with van der Waals surface area (Å²) in [5.41, 5.74) is 3.02. The Morgan fingerprint density at radius 1 is 1.32 bits per heavy atom. The van der Waals surface area contributed by atoms with E-state index in [2.05, 4.69) is 53.6 Å². The Morgan fingerprint density at radius 2 is 2.18 bits per heavy atom. The highest BCUT2D eigenvalue weighted by Gasteiger charge is 2.20. The third-order valence-electron chi connectivity index (χ3n) is 3.74. The predicted molar refractivity (Wildman–Crippen MR) is 98.6 cm³/mol. The monoisotopic (exact) mass is 431 g/mol. The smallest absolute Gasteiger partial charge is 0.116 e. The van der Waals surface area contributed by atoms with Gasteiger partial charge in [0.15, 0.2) is 0 Å². The lowest BCUT2D eigenvalue weighted by molar-refractivity contribution is 0.122. The quantitative estimate of drug-likeness (QED) is 0.587. The standard InChI is InChI=1S/C15H18IN3O2S/c16-22-8-2-12-9-15(19-3-6-20-7-4-19)14(10-17-12)18-13-1-5-21-11-13/h9-10,13,18H,1,3-7,11H2. The zero-order valence-corrected chi connectivity index (χ0v) is 15.2. The van der Waals surface area contributed by atoms with Crippen LogP contribution in [0.15, 0.2) is 12.3 Å². The fourth-order valence-electron chi connectivity index (χ4n) is 2.63. The number of rotatable bonds is 3. The van der Waals surface area contributed by atoms with Gasteiger partial charge in [0.2, 0.25) is 0 Å². The number of pyridine rings is 1. The molecule has 2 saturated heterocycles. The maximum atomic E-state index is 5.46. The van der Waals surface area contributed by atoms with Gasteiger partial charge in [0.25, 0.3) is 0 Å². The Balaban J connectivity index is 1.85. The summed E-state index contributed by atoms with van der Waals surface area (Å²) in [6.45, 7) is 4.91. The maximum absolute atomic E-state index is 5.46. The van der Waals surface area contributed by atoms with E-state index in [-0.39, 0.29) is 0 Å². The molecule has 0 saturated carbocycles. The SMILES string of the molecule is ISC#Cc1cc(N2CCOCC2)c(NC2CCOC2)cn1. The third kappa shape index (κ3) is 4.19. The minimum absolute atomic E-state index is 0.364. The Morgan fingerprint density at radius 3 is 2.91 bits per heavy atom. The van der Waals surface area contributed by atoms with E-state index in [1.54, 1.807) is 0 Å². The number of nitrogens with zero attached hydrogens (tertiary/aromatic N) is 2. The second-order valence-electron chi connectivity index (χ2n) is 5.20. The molecule has 2 aliphatic heterocycles. The minimum Gasteiger partial charge on any atom is -0.379 e. The first-order valence-corrected chi connectivity index (χ1v) is 10.7. The average Bonchev–Trinajstić information content (AvgIpc) is 3.08. The summed E-state index contributed by atoms with van der Waals surface area (Å²) in [6.07, 6.45) is 2.93.